The Balaban J connectivity index is 1.53. The average molecular weight is 299 g/mol. The van der Waals surface area contributed by atoms with Gasteiger partial charge < -0.3 is 5.32 Å². The number of nitro groups is 1. The van der Waals surface area contributed by atoms with Gasteiger partial charge >= 0.3 is 0 Å². The molecule has 2 aromatic rings. The monoisotopic (exact) mass is 299 g/mol. The largest absolute Gasteiger partial charge is 0.366 e. The summed E-state index contributed by atoms with van der Waals surface area (Å²) in [6, 6.07) is 8.99. The van der Waals surface area contributed by atoms with Gasteiger partial charge in [0.25, 0.3) is 5.69 Å². The van der Waals surface area contributed by atoms with Gasteiger partial charge in [-0.3, -0.25) is 15.0 Å². The molecule has 1 aromatic carbocycles. The SMILES string of the molecule is O=[N+]([O-])c1ccc(CN2CCC(Nc3ccncn3)C2)cc1. The topological polar surface area (TPSA) is 84.2 Å². The lowest BCUT2D eigenvalue weighted by Gasteiger charge is -2.17. The molecular formula is C15H17N5O2. The zero-order valence-corrected chi connectivity index (χ0v) is 12.1. The van der Waals surface area contributed by atoms with E-state index in [4.69, 9.17) is 0 Å². The van der Waals surface area contributed by atoms with Crippen LogP contribution in [-0.2, 0) is 6.54 Å². The second kappa shape index (κ2) is 6.48. The van der Waals surface area contributed by atoms with Crippen molar-refractivity contribution in [3.8, 4) is 0 Å². The van der Waals surface area contributed by atoms with E-state index in [0.29, 0.717) is 6.04 Å². The van der Waals surface area contributed by atoms with Gasteiger partial charge in [-0.25, -0.2) is 9.97 Å². The van der Waals surface area contributed by atoms with Crippen LogP contribution in [0.25, 0.3) is 0 Å². The summed E-state index contributed by atoms with van der Waals surface area (Å²) in [7, 11) is 0. The van der Waals surface area contributed by atoms with Crippen LogP contribution in [0.1, 0.15) is 12.0 Å². The Hall–Kier alpha value is -2.54. The standard InChI is InChI=1S/C15H17N5O2/c21-20(22)14-3-1-12(2-4-14)9-19-8-6-13(10-19)18-15-5-7-16-11-17-15/h1-5,7,11,13H,6,8-10H2,(H,16,17,18). The maximum absolute atomic E-state index is 10.6. The van der Waals surface area contributed by atoms with Gasteiger partial charge in [-0.2, -0.15) is 0 Å². The maximum Gasteiger partial charge on any atom is 0.269 e. The molecule has 22 heavy (non-hydrogen) atoms. The van der Waals surface area contributed by atoms with Gasteiger partial charge in [-0.15, -0.1) is 0 Å². The molecule has 1 saturated heterocycles. The first-order chi connectivity index (χ1) is 10.7. The van der Waals surface area contributed by atoms with Gasteiger partial charge in [0.05, 0.1) is 4.92 Å². The predicted octanol–water partition coefficient (Wildman–Crippen LogP) is 2.07. The van der Waals surface area contributed by atoms with Gasteiger partial charge in [0.15, 0.2) is 0 Å². The van der Waals surface area contributed by atoms with E-state index in [2.05, 4.69) is 20.2 Å². The molecule has 7 nitrogen and oxygen atoms in total. The van der Waals surface area contributed by atoms with E-state index in [9.17, 15) is 10.1 Å². The van der Waals surface area contributed by atoms with E-state index >= 15 is 0 Å². The third-order valence-electron chi connectivity index (χ3n) is 3.76. The average Bonchev–Trinajstić information content (AvgIpc) is 2.96. The van der Waals surface area contributed by atoms with E-state index in [0.717, 1.165) is 37.4 Å². The van der Waals surface area contributed by atoms with Crippen LogP contribution in [0.15, 0.2) is 42.9 Å². The summed E-state index contributed by atoms with van der Waals surface area (Å²) in [5.41, 5.74) is 1.22. The van der Waals surface area contributed by atoms with Crippen LogP contribution in [0.3, 0.4) is 0 Å². The molecule has 1 aliphatic heterocycles. The van der Waals surface area contributed by atoms with Gasteiger partial charge in [0, 0.05) is 44.0 Å². The van der Waals surface area contributed by atoms with Crippen molar-refractivity contribution in [1.29, 1.82) is 0 Å². The fourth-order valence-corrected chi connectivity index (χ4v) is 2.66. The van der Waals surface area contributed by atoms with Crippen LogP contribution < -0.4 is 5.32 Å². The van der Waals surface area contributed by atoms with Crippen molar-refractivity contribution in [3.05, 3.63) is 58.5 Å². The molecular weight excluding hydrogens is 282 g/mol. The third-order valence-corrected chi connectivity index (χ3v) is 3.76. The highest BCUT2D eigenvalue weighted by molar-refractivity contribution is 5.34. The molecule has 0 amide bonds. The van der Waals surface area contributed by atoms with Gasteiger partial charge in [0.1, 0.15) is 12.1 Å². The third kappa shape index (κ3) is 3.56. The minimum Gasteiger partial charge on any atom is -0.366 e. The van der Waals surface area contributed by atoms with Crippen molar-refractivity contribution in [2.24, 2.45) is 0 Å². The number of likely N-dealkylation sites (tertiary alicyclic amines) is 1. The second-order valence-corrected chi connectivity index (χ2v) is 5.38. The van der Waals surface area contributed by atoms with E-state index in [1.165, 1.54) is 6.33 Å². The smallest absolute Gasteiger partial charge is 0.269 e. The molecule has 0 saturated carbocycles. The molecule has 1 fully saturated rings. The number of hydrogen-bond acceptors (Lipinski definition) is 6. The molecule has 1 unspecified atom stereocenters. The molecule has 1 N–H and O–H groups in total. The Morgan fingerprint density at radius 2 is 2.14 bits per heavy atom. The lowest BCUT2D eigenvalue weighted by Crippen LogP contribution is -2.26. The first-order valence-electron chi connectivity index (χ1n) is 7.19. The molecule has 0 bridgehead atoms. The summed E-state index contributed by atoms with van der Waals surface area (Å²) in [4.78, 5) is 20.7. The van der Waals surface area contributed by atoms with Crippen molar-refractivity contribution in [3.63, 3.8) is 0 Å². The number of non-ortho nitro benzene ring substituents is 1. The molecule has 0 radical (unpaired) electrons. The highest BCUT2D eigenvalue weighted by Crippen LogP contribution is 2.18. The van der Waals surface area contributed by atoms with Crippen LogP contribution in [0.4, 0.5) is 11.5 Å². The summed E-state index contributed by atoms with van der Waals surface area (Å²) in [5.74, 6) is 0.845. The predicted molar refractivity (Wildman–Crippen MR) is 82.4 cm³/mol. The number of benzene rings is 1. The molecule has 7 heteroatoms. The highest BCUT2D eigenvalue weighted by Gasteiger charge is 2.22. The van der Waals surface area contributed by atoms with Gasteiger partial charge in [-0.05, 0) is 18.1 Å². The Morgan fingerprint density at radius 3 is 2.82 bits per heavy atom. The van der Waals surface area contributed by atoms with Crippen LogP contribution in [0, 0.1) is 10.1 Å². The van der Waals surface area contributed by atoms with Gasteiger partial charge in [-0.1, -0.05) is 12.1 Å². The lowest BCUT2D eigenvalue weighted by molar-refractivity contribution is -0.384. The van der Waals surface area contributed by atoms with E-state index < -0.39 is 0 Å². The molecule has 3 rings (SSSR count). The fourth-order valence-electron chi connectivity index (χ4n) is 2.66. The molecule has 2 heterocycles. The Bertz CT molecular complexity index is 632. The number of aromatic nitrogens is 2. The van der Waals surface area contributed by atoms with E-state index in [1.54, 1.807) is 18.3 Å². The van der Waals surface area contributed by atoms with Crippen LogP contribution in [0.2, 0.25) is 0 Å². The molecule has 0 spiro atoms. The molecule has 1 atom stereocenters. The molecule has 1 aliphatic rings. The maximum atomic E-state index is 10.6. The Morgan fingerprint density at radius 1 is 1.32 bits per heavy atom. The first-order valence-corrected chi connectivity index (χ1v) is 7.19. The minimum absolute atomic E-state index is 0.133. The lowest BCUT2D eigenvalue weighted by atomic mass is 10.2. The zero-order chi connectivity index (χ0) is 15.4. The number of nitrogens with one attached hydrogen (secondary N) is 1. The van der Waals surface area contributed by atoms with Crippen LogP contribution in [0.5, 0.6) is 0 Å². The minimum atomic E-state index is -0.374. The quantitative estimate of drug-likeness (QED) is 0.672. The number of anilines is 1. The highest BCUT2D eigenvalue weighted by atomic mass is 16.6. The zero-order valence-electron chi connectivity index (χ0n) is 12.1. The molecule has 114 valence electrons. The summed E-state index contributed by atoms with van der Waals surface area (Å²) >= 11 is 0. The summed E-state index contributed by atoms with van der Waals surface area (Å²) in [6.07, 6.45) is 4.31. The number of hydrogen-bond donors (Lipinski definition) is 1. The van der Waals surface area contributed by atoms with E-state index in [1.807, 2.05) is 18.2 Å². The normalized spacial score (nSPS) is 18.3. The van der Waals surface area contributed by atoms with Crippen molar-refractivity contribution < 1.29 is 4.92 Å². The summed E-state index contributed by atoms with van der Waals surface area (Å²) in [6.45, 7) is 2.74. The van der Waals surface area contributed by atoms with Crippen molar-refractivity contribution in [2.75, 3.05) is 18.4 Å². The number of rotatable bonds is 5. The number of nitrogens with zero attached hydrogens (tertiary/aromatic N) is 4. The molecule has 1 aromatic heterocycles. The summed E-state index contributed by atoms with van der Waals surface area (Å²) in [5, 5.41) is 14.0. The molecule has 0 aliphatic carbocycles. The second-order valence-electron chi connectivity index (χ2n) is 5.38. The van der Waals surface area contributed by atoms with Crippen LogP contribution in [-0.4, -0.2) is 38.9 Å². The Kier molecular flexibility index (Phi) is 4.24. The van der Waals surface area contributed by atoms with Gasteiger partial charge in [0.2, 0.25) is 0 Å². The van der Waals surface area contributed by atoms with Crippen molar-refractivity contribution >= 4 is 11.5 Å². The Labute approximate surface area is 128 Å². The summed E-state index contributed by atoms with van der Waals surface area (Å²) < 4.78 is 0. The fraction of sp³-hybridized carbons (Fsp3) is 0.333. The van der Waals surface area contributed by atoms with Crippen LogP contribution >= 0.6 is 0 Å². The van der Waals surface area contributed by atoms with Crippen molar-refractivity contribution in [2.45, 2.75) is 19.0 Å². The first kappa shape index (κ1) is 14.4. The number of nitro benzene ring substituents is 1. The van der Waals surface area contributed by atoms with E-state index in [-0.39, 0.29) is 10.6 Å². The van der Waals surface area contributed by atoms with Crippen molar-refractivity contribution in [1.82, 2.24) is 14.9 Å².